The zero-order valence-corrected chi connectivity index (χ0v) is 15.5. The Morgan fingerprint density at radius 1 is 1.12 bits per heavy atom. The number of rotatable bonds is 2. The molecule has 1 saturated heterocycles. The molecule has 1 amide bonds. The van der Waals surface area contributed by atoms with Crippen LogP contribution in [0.4, 0.5) is 4.79 Å². The summed E-state index contributed by atoms with van der Waals surface area (Å²) in [4.78, 5) is 25.8. The van der Waals surface area contributed by atoms with Crippen molar-refractivity contribution in [2.24, 2.45) is 0 Å². The molecule has 2 rings (SSSR count). The van der Waals surface area contributed by atoms with E-state index in [1.54, 1.807) is 17.0 Å². The standard InChI is InChI=1S/C17H21Cl2NO4/c1-17(2,3)24-16(22)20-8-6-12(7-9-20)23-15(21)11-4-5-13(18)14(19)10-11/h4-5,10,12H,6-9H2,1-3H3. The highest BCUT2D eigenvalue weighted by molar-refractivity contribution is 6.42. The van der Waals surface area contributed by atoms with Crippen molar-refractivity contribution in [3.63, 3.8) is 0 Å². The highest BCUT2D eigenvalue weighted by atomic mass is 35.5. The van der Waals surface area contributed by atoms with Gasteiger partial charge in [-0.2, -0.15) is 0 Å². The molecule has 7 heteroatoms. The third-order valence-electron chi connectivity index (χ3n) is 3.52. The molecule has 1 aliphatic rings. The molecule has 1 aliphatic heterocycles. The summed E-state index contributed by atoms with van der Waals surface area (Å²) in [6.07, 6.45) is 0.584. The van der Waals surface area contributed by atoms with Crippen LogP contribution in [-0.2, 0) is 9.47 Å². The van der Waals surface area contributed by atoms with Crippen LogP contribution in [0.25, 0.3) is 0 Å². The smallest absolute Gasteiger partial charge is 0.410 e. The quantitative estimate of drug-likeness (QED) is 0.713. The molecule has 0 aliphatic carbocycles. The van der Waals surface area contributed by atoms with Crippen molar-refractivity contribution >= 4 is 35.3 Å². The molecule has 0 saturated carbocycles. The first-order chi connectivity index (χ1) is 11.2. The van der Waals surface area contributed by atoms with Crippen LogP contribution in [0.2, 0.25) is 10.0 Å². The fourth-order valence-corrected chi connectivity index (χ4v) is 2.62. The summed E-state index contributed by atoms with van der Waals surface area (Å²) >= 11 is 11.7. The van der Waals surface area contributed by atoms with Gasteiger partial charge in [0.1, 0.15) is 11.7 Å². The Balaban J connectivity index is 1.85. The van der Waals surface area contributed by atoms with Crippen molar-refractivity contribution < 1.29 is 19.1 Å². The lowest BCUT2D eigenvalue weighted by atomic mass is 10.1. The summed E-state index contributed by atoms with van der Waals surface area (Å²) in [6.45, 7) is 6.48. The van der Waals surface area contributed by atoms with Gasteiger partial charge in [0.25, 0.3) is 0 Å². The minimum atomic E-state index is -0.520. The van der Waals surface area contributed by atoms with E-state index in [0.29, 0.717) is 41.5 Å². The molecule has 1 aromatic carbocycles. The molecule has 5 nitrogen and oxygen atoms in total. The fraction of sp³-hybridized carbons (Fsp3) is 0.529. The number of piperidine rings is 1. The molecule has 0 bridgehead atoms. The second kappa shape index (κ2) is 7.62. The lowest BCUT2D eigenvalue weighted by Gasteiger charge is -2.33. The summed E-state index contributed by atoms with van der Waals surface area (Å²) in [5.74, 6) is -0.440. The Hall–Kier alpha value is -1.46. The van der Waals surface area contributed by atoms with E-state index in [4.69, 9.17) is 32.7 Å². The van der Waals surface area contributed by atoms with Gasteiger partial charge in [-0.3, -0.25) is 0 Å². The van der Waals surface area contributed by atoms with Gasteiger partial charge in [-0.25, -0.2) is 9.59 Å². The molecule has 1 heterocycles. The largest absolute Gasteiger partial charge is 0.459 e. The zero-order valence-electron chi connectivity index (χ0n) is 14.0. The van der Waals surface area contributed by atoms with Crippen LogP contribution in [0.3, 0.4) is 0 Å². The first-order valence-electron chi connectivity index (χ1n) is 7.79. The number of nitrogens with zero attached hydrogens (tertiary/aromatic N) is 1. The van der Waals surface area contributed by atoms with E-state index in [-0.39, 0.29) is 12.2 Å². The van der Waals surface area contributed by atoms with E-state index in [2.05, 4.69) is 0 Å². The van der Waals surface area contributed by atoms with Gasteiger partial charge in [-0.1, -0.05) is 23.2 Å². The third kappa shape index (κ3) is 5.28. The minimum absolute atomic E-state index is 0.231. The average Bonchev–Trinajstić information content (AvgIpc) is 2.49. The molecule has 132 valence electrons. The fourth-order valence-electron chi connectivity index (χ4n) is 2.33. The monoisotopic (exact) mass is 373 g/mol. The van der Waals surface area contributed by atoms with Crippen LogP contribution in [0.1, 0.15) is 44.0 Å². The Morgan fingerprint density at radius 2 is 1.75 bits per heavy atom. The van der Waals surface area contributed by atoms with Crippen LogP contribution in [0.5, 0.6) is 0 Å². The van der Waals surface area contributed by atoms with E-state index in [1.165, 1.54) is 6.07 Å². The van der Waals surface area contributed by atoms with Crippen LogP contribution < -0.4 is 0 Å². The maximum absolute atomic E-state index is 12.2. The van der Waals surface area contributed by atoms with Crippen LogP contribution in [0, 0.1) is 0 Å². The topological polar surface area (TPSA) is 55.8 Å². The number of halogens is 2. The molecule has 24 heavy (non-hydrogen) atoms. The number of hydrogen-bond donors (Lipinski definition) is 0. The number of amides is 1. The van der Waals surface area contributed by atoms with E-state index < -0.39 is 11.6 Å². The number of carbonyl (C=O) groups excluding carboxylic acids is 2. The number of carbonyl (C=O) groups is 2. The number of hydrogen-bond acceptors (Lipinski definition) is 4. The Kier molecular flexibility index (Phi) is 5.99. The van der Waals surface area contributed by atoms with Crippen molar-refractivity contribution in [3.05, 3.63) is 33.8 Å². The van der Waals surface area contributed by atoms with Gasteiger partial charge in [0.15, 0.2) is 0 Å². The minimum Gasteiger partial charge on any atom is -0.459 e. The van der Waals surface area contributed by atoms with Gasteiger partial charge in [0.05, 0.1) is 15.6 Å². The zero-order chi connectivity index (χ0) is 17.9. The highest BCUT2D eigenvalue weighted by Gasteiger charge is 2.28. The van der Waals surface area contributed by atoms with Crippen molar-refractivity contribution in [3.8, 4) is 0 Å². The maximum Gasteiger partial charge on any atom is 0.410 e. The first kappa shape index (κ1) is 18.9. The molecular formula is C17H21Cl2NO4. The molecule has 1 aromatic rings. The average molecular weight is 374 g/mol. The van der Waals surface area contributed by atoms with E-state index in [9.17, 15) is 9.59 Å². The lowest BCUT2D eigenvalue weighted by Crippen LogP contribution is -2.43. The maximum atomic E-state index is 12.2. The van der Waals surface area contributed by atoms with Crippen LogP contribution in [0.15, 0.2) is 18.2 Å². The van der Waals surface area contributed by atoms with Crippen LogP contribution in [-0.4, -0.2) is 41.8 Å². The van der Waals surface area contributed by atoms with Gasteiger partial charge in [-0.15, -0.1) is 0 Å². The summed E-state index contributed by atoms with van der Waals surface area (Å²) in [5.41, 5.74) is -0.159. The van der Waals surface area contributed by atoms with Gasteiger partial charge in [0.2, 0.25) is 0 Å². The molecule has 0 atom stereocenters. The summed E-state index contributed by atoms with van der Waals surface area (Å²) in [7, 11) is 0. The van der Waals surface area contributed by atoms with Crippen LogP contribution >= 0.6 is 23.2 Å². The number of benzene rings is 1. The van der Waals surface area contributed by atoms with E-state index >= 15 is 0 Å². The Bertz CT molecular complexity index is 620. The molecular weight excluding hydrogens is 353 g/mol. The summed E-state index contributed by atoms with van der Waals surface area (Å²) in [6, 6.07) is 4.63. The van der Waals surface area contributed by atoms with Crippen molar-refractivity contribution in [2.75, 3.05) is 13.1 Å². The van der Waals surface area contributed by atoms with Crippen molar-refractivity contribution in [1.29, 1.82) is 0 Å². The predicted molar refractivity (Wildman–Crippen MR) is 92.7 cm³/mol. The van der Waals surface area contributed by atoms with Gasteiger partial charge in [0, 0.05) is 25.9 Å². The first-order valence-corrected chi connectivity index (χ1v) is 8.55. The van der Waals surface area contributed by atoms with Gasteiger partial charge < -0.3 is 14.4 Å². The Labute approximate surface area is 151 Å². The SMILES string of the molecule is CC(C)(C)OC(=O)N1CCC(OC(=O)c2ccc(Cl)c(Cl)c2)CC1. The molecule has 0 spiro atoms. The molecule has 0 radical (unpaired) electrons. The van der Waals surface area contributed by atoms with E-state index in [1.807, 2.05) is 20.8 Å². The summed E-state index contributed by atoms with van der Waals surface area (Å²) < 4.78 is 10.8. The molecule has 1 fully saturated rings. The second-order valence-electron chi connectivity index (χ2n) is 6.70. The predicted octanol–water partition coefficient (Wildman–Crippen LogP) is 4.55. The van der Waals surface area contributed by atoms with Crippen molar-refractivity contribution in [2.45, 2.75) is 45.3 Å². The Morgan fingerprint density at radius 3 is 2.29 bits per heavy atom. The molecule has 0 N–H and O–H groups in total. The van der Waals surface area contributed by atoms with E-state index in [0.717, 1.165) is 0 Å². The molecule has 0 aromatic heterocycles. The summed E-state index contributed by atoms with van der Waals surface area (Å²) in [5, 5.41) is 0.699. The van der Waals surface area contributed by atoms with Gasteiger partial charge in [-0.05, 0) is 39.0 Å². The number of esters is 1. The molecule has 0 unspecified atom stereocenters. The van der Waals surface area contributed by atoms with Gasteiger partial charge >= 0.3 is 12.1 Å². The second-order valence-corrected chi connectivity index (χ2v) is 7.52. The highest BCUT2D eigenvalue weighted by Crippen LogP contribution is 2.24. The number of likely N-dealkylation sites (tertiary alicyclic amines) is 1. The lowest BCUT2D eigenvalue weighted by molar-refractivity contribution is -0.00340. The van der Waals surface area contributed by atoms with Crippen molar-refractivity contribution in [1.82, 2.24) is 4.90 Å². The normalized spacial score (nSPS) is 16.0. The third-order valence-corrected chi connectivity index (χ3v) is 4.26. The number of ether oxygens (including phenoxy) is 2.